The topological polar surface area (TPSA) is 0 Å². The number of alkyl halides is 8. The highest BCUT2D eigenvalue weighted by Gasteiger charge is 2.74. The molecule has 0 nitrogen and oxygen atoms in total. The number of hydrogen-bond donors (Lipinski definition) is 0. The van der Waals surface area contributed by atoms with E-state index in [4.69, 9.17) is 0 Å². The highest BCUT2D eigenvalue weighted by Crippen LogP contribution is 2.60. The van der Waals surface area contributed by atoms with Gasteiger partial charge in [0.25, 0.3) is 0 Å². The number of hydrogen-bond acceptors (Lipinski definition) is 0. The van der Waals surface area contributed by atoms with Crippen molar-refractivity contribution in [2.75, 3.05) is 0 Å². The van der Waals surface area contributed by atoms with E-state index in [1.165, 1.54) is 0 Å². The lowest BCUT2D eigenvalue weighted by Gasteiger charge is -2.38. The fraction of sp³-hybridized carbons (Fsp3) is 0.667. The molecule has 1 unspecified atom stereocenters. The Morgan fingerprint density at radius 1 is 0.933 bits per heavy atom. The second-order valence-corrected chi connectivity index (χ2v) is 2.82. The molecule has 0 saturated heterocycles. The first-order valence-electron chi connectivity index (χ1n) is 3.32. The minimum atomic E-state index is -5.83. The van der Waals surface area contributed by atoms with Crippen molar-refractivity contribution in [3.63, 3.8) is 0 Å². The van der Waals surface area contributed by atoms with Gasteiger partial charge < -0.3 is 0 Å². The average molecular weight is 244 g/mol. The molecule has 1 rings (SSSR count). The van der Waals surface area contributed by atoms with Crippen LogP contribution in [-0.2, 0) is 0 Å². The molecule has 0 aromatic rings. The number of halogens is 9. The highest BCUT2D eigenvalue weighted by molar-refractivity contribution is 5.38. The molecule has 88 valence electrons. The van der Waals surface area contributed by atoms with Gasteiger partial charge >= 0.3 is 18.3 Å². The molecule has 9 heteroatoms. The van der Waals surface area contributed by atoms with Crippen LogP contribution in [0.1, 0.15) is 0 Å². The Morgan fingerprint density at radius 3 is 1.53 bits per heavy atom. The normalized spacial score (nSPS) is 26.6. The third-order valence-electron chi connectivity index (χ3n) is 1.81. The zero-order valence-corrected chi connectivity index (χ0v) is 6.48. The average Bonchev–Trinajstić information content (AvgIpc) is 1.93. The fourth-order valence-corrected chi connectivity index (χ4v) is 1.19. The Balaban J connectivity index is 3.23. The molecule has 0 aromatic heterocycles. The molecular weight excluding hydrogens is 243 g/mol. The predicted octanol–water partition coefficient (Wildman–Crippen LogP) is 3.60. The van der Waals surface area contributed by atoms with Crippen molar-refractivity contribution in [3.05, 3.63) is 11.4 Å². The molecule has 0 radical (unpaired) electrons. The van der Waals surface area contributed by atoms with E-state index in [-0.39, 0.29) is 0 Å². The predicted molar refractivity (Wildman–Crippen MR) is 28.7 cm³/mol. The number of rotatable bonds is 0. The molecule has 1 aliphatic rings. The van der Waals surface area contributed by atoms with Crippen LogP contribution in [0.15, 0.2) is 11.4 Å². The van der Waals surface area contributed by atoms with E-state index in [2.05, 4.69) is 0 Å². The Labute approximate surface area is 76.4 Å². The van der Waals surface area contributed by atoms with E-state index >= 15 is 0 Å². The second-order valence-electron chi connectivity index (χ2n) is 2.82. The van der Waals surface area contributed by atoms with Crippen molar-refractivity contribution in [2.45, 2.75) is 18.3 Å². The maximum Gasteiger partial charge on any atom is 0.416 e. The molecule has 0 aromatic carbocycles. The highest BCUT2D eigenvalue weighted by atomic mass is 19.4. The molecule has 0 fully saturated rings. The van der Waals surface area contributed by atoms with Crippen molar-refractivity contribution in [1.82, 2.24) is 0 Å². The van der Waals surface area contributed by atoms with Crippen LogP contribution in [0.3, 0.4) is 0 Å². The van der Waals surface area contributed by atoms with Gasteiger partial charge in [0, 0.05) is 0 Å². The molecule has 0 saturated carbocycles. The van der Waals surface area contributed by atoms with E-state index in [1.807, 2.05) is 0 Å². The Morgan fingerprint density at radius 2 is 1.33 bits per heavy atom. The monoisotopic (exact) mass is 244 g/mol. The standard InChI is InChI=1S/C6HF9/c7-3-1(5(10,11)12)2(4(3,8)9)6(13,14)15/h2H. The van der Waals surface area contributed by atoms with Crippen molar-refractivity contribution in [3.8, 4) is 0 Å². The minimum Gasteiger partial charge on any atom is -0.205 e. The van der Waals surface area contributed by atoms with Crippen molar-refractivity contribution in [2.24, 2.45) is 5.92 Å². The summed E-state index contributed by atoms with van der Waals surface area (Å²) in [6.45, 7) is 0. The summed E-state index contributed by atoms with van der Waals surface area (Å²) >= 11 is 0. The summed E-state index contributed by atoms with van der Waals surface area (Å²) in [7, 11) is 0. The van der Waals surface area contributed by atoms with Gasteiger partial charge in [0.15, 0.2) is 11.7 Å². The zero-order valence-electron chi connectivity index (χ0n) is 6.48. The summed E-state index contributed by atoms with van der Waals surface area (Å²) in [5.74, 6) is -12.3. The molecule has 0 amide bonds. The van der Waals surface area contributed by atoms with Crippen LogP contribution in [0, 0.1) is 5.92 Å². The second kappa shape index (κ2) is 2.82. The van der Waals surface area contributed by atoms with Gasteiger partial charge in [0.05, 0.1) is 5.57 Å². The Kier molecular flexibility index (Phi) is 2.29. The first-order valence-corrected chi connectivity index (χ1v) is 3.32. The van der Waals surface area contributed by atoms with Crippen LogP contribution in [0.25, 0.3) is 0 Å². The molecule has 15 heavy (non-hydrogen) atoms. The van der Waals surface area contributed by atoms with Crippen LogP contribution in [0.2, 0.25) is 0 Å². The third kappa shape index (κ3) is 1.67. The van der Waals surface area contributed by atoms with Gasteiger partial charge in [-0.1, -0.05) is 0 Å². The summed E-state index contributed by atoms with van der Waals surface area (Å²) in [6.07, 6.45) is -11.6. The zero-order chi connectivity index (χ0) is 12.2. The summed E-state index contributed by atoms with van der Waals surface area (Å²) in [5.41, 5.74) is -2.85. The molecule has 0 heterocycles. The maximum atomic E-state index is 12.2. The molecular formula is C6HF9. The maximum absolute atomic E-state index is 12.2. The largest absolute Gasteiger partial charge is 0.416 e. The lowest BCUT2D eigenvalue weighted by atomic mass is 9.78. The van der Waals surface area contributed by atoms with Crippen LogP contribution in [0.5, 0.6) is 0 Å². The van der Waals surface area contributed by atoms with Crippen LogP contribution >= 0.6 is 0 Å². The first-order chi connectivity index (χ1) is 6.40. The summed E-state index contributed by atoms with van der Waals surface area (Å²) < 4.78 is 107. The van der Waals surface area contributed by atoms with Gasteiger partial charge in [-0.05, 0) is 0 Å². The Hall–Kier alpha value is -0.890. The minimum absolute atomic E-state index is 2.85. The van der Waals surface area contributed by atoms with Gasteiger partial charge in [-0.2, -0.15) is 35.1 Å². The van der Waals surface area contributed by atoms with Gasteiger partial charge in [0.2, 0.25) is 0 Å². The SMILES string of the molecule is FC1=C(C(F)(F)F)C(C(F)(F)F)C1(F)F. The van der Waals surface area contributed by atoms with Gasteiger partial charge in [-0.15, -0.1) is 0 Å². The van der Waals surface area contributed by atoms with Crippen LogP contribution in [0.4, 0.5) is 39.5 Å². The van der Waals surface area contributed by atoms with Crippen LogP contribution < -0.4 is 0 Å². The van der Waals surface area contributed by atoms with Crippen LogP contribution in [-0.4, -0.2) is 18.3 Å². The summed E-state index contributed by atoms with van der Waals surface area (Å²) in [6, 6.07) is 0. The first kappa shape index (κ1) is 12.2. The quantitative estimate of drug-likeness (QED) is 0.571. The smallest absolute Gasteiger partial charge is 0.205 e. The fourth-order valence-electron chi connectivity index (χ4n) is 1.19. The number of allylic oxidation sites excluding steroid dienone is 2. The Bertz CT molecular complexity index is 304. The molecule has 1 aliphatic carbocycles. The van der Waals surface area contributed by atoms with Crippen molar-refractivity contribution in [1.29, 1.82) is 0 Å². The summed E-state index contributed by atoms with van der Waals surface area (Å²) in [5, 5.41) is 0. The molecule has 0 aliphatic heterocycles. The van der Waals surface area contributed by atoms with E-state index in [0.717, 1.165) is 0 Å². The van der Waals surface area contributed by atoms with Gasteiger partial charge in [0.1, 0.15) is 0 Å². The lowest BCUT2D eigenvalue weighted by Crippen LogP contribution is -2.53. The van der Waals surface area contributed by atoms with E-state index in [9.17, 15) is 39.5 Å². The molecule has 1 atom stereocenters. The van der Waals surface area contributed by atoms with E-state index < -0.39 is 35.6 Å². The molecule has 0 bridgehead atoms. The lowest BCUT2D eigenvalue weighted by molar-refractivity contribution is -0.260. The van der Waals surface area contributed by atoms with E-state index in [1.54, 1.807) is 0 Å². The van der Waals surface area contributed by atoms with Crippen molar-refractivity contribution >= 4 is 0 Å². The molecule has 0 spiro atoms. The van der Waals surface area contributed by atoms with Crippen molar-refractivity contribution < 1.29 is 39.5 Å². The van der Waals surface area contributed by atoms with Gasteiger partial charge in [-0.3, -0.25) is 0 Å². The third-order valence-corrected chi connectivity index (χ3v) is 1.81. The van der Waals surface area contributed by atoms with Gasteiger partial charge in [-0.25, -0.2) is 4.39 Å². The van der Waals surface area contributed by atoms with E-state index in [0.29, 0.717) is 0 Å². The molecule has 0 N–H and O–H groups in total. The summed E-state index contributed by atoms with van der Waals surface area (Å²) in [4.78, 5) is 0.